The highest BCUT2D eigenvalue weighted by Crippen LogP contribution is 2.69. The van der Waals surface area contributed by atoms with Crippen LogP contribution >= 0.6 is 0 Å². The molecule has 0 aliphatic heterocycles. The highest BCUT2D eigenvalue weighted by Gasteiger charge is 2.65. The van der Waals surface area contributed by atoms with Crippen LogP contribution < -0.4 is 0 Å². The van der Waals surface area contributed by atoms with Crippen LogP contribution in [0.25, 0.3) is 17.2 Å². The van der Waals surface area contributed by atoms with E-state index in [1.165, 1.54) is 18.2 Å². The van der Waals surface area contributed by atoms with Gasteiger partial charge in [0.25, 0.3) is 12.4 Å². The number of hydrogen-bond acceptors (Lipinski definition) is 6. The molecule has 3 heterocycles. The van der Waals surface area contributed by atoms with Gasteiger partial charge in [0.2, 0.25) is 5.82 Å². The van der Waals surface area contributed by atoms with Gasteiger partial charge in [0.15, 0.2) is 0 Å². The van der Waals surface area contributed by atoms with Gasteiger partial charge in [-0.15, -0.1) is 10.2 Å². The van der Waals surface area contributed by atoms with E-state index in [-0.39, 0.29) is 28.5 Å². The Balaban J connectivity index is 1.49. The summed E-state index contributed by atoms with van der Waals surface area (Å²) < 4.78 is 55.9. The van der Waals surface area contributed by atoms with Crippen LogP contribution in [0, 0.1) is 17.0 Å². The second-order valence-corrected chi connectivity index (χ2v) is 9.44. The maximum absolute atomic E-state index is 14.4. The van der Waals surface area contributed by atoms with Crippen molar-refractivity contribution in [3.8, 4) is 17.2 Å². The molecule has 1 saturated carbocycles. The molecule has 7 nitrogen and oxygen atoms in total. The zero-order chi connectivity index (χ0) is 24.5. The maximum atomic E-state index is 14.4. The van der Waals surface area contributed by atoms with Crippen molar-refractivity contribution in [2.75, 3.05) is 0 Å². The van der Waals surface area contributed by atoms with Crippen molar-refractivity contribution in [2.24, 2.45) is 5.41 Å². The molecule has 11 heteroatoms. The summed E-state index contributed by atoms with van der Waals surface area (Å²) in [6.45, 7) is 4.23. The third-order valence-electron chi connectivity index (χ3n) is 7.59. The van der Waals surface area contributed by atoms with Gasteiger partial charge >= 0.3 is 0 Å². The van der Waals surface area contributed by atoms with E-state index >= 15 is 0 Å². The summed E-state index contributed by atoms with van der Waals surface area (Å²) in [5.41, 5.74) is 1.19. The average Bonchev–Trinajstić information content (AvgIpc) is 3.48. The van der Waals surface area contributed by atoms with Crippen LogP contribution in [0.4, 0.5) is 17.6 Å². The third-order valence-corrected chi connectivity index (χ3v) is 7.59. The molecule has 2 bridgehead atoms. The first-order valence-electron chi connectivity index (χ1n) is 11.1. The van der Waals surface area contributed by atoms with Gasteiger partial charge in [0, 0.05) is 6.20 Å². The van der Waals surface area contributed by atoms with Crippen molar-refractivity contribution < 1.29 is 17.6 Å². The van der Waals surface area contributed by atoms with E-state index in [0.717, 1.165) is 29.4 Å². The molecule has 178 valence electrons. The Morgan fingerprint density at radius 3 is 2.54 bits per heavy atom. The standard InChI is InChI=1S/C24H19F4N7/c1-23(2)13-6-8-24(23,17-7-9-29-22(31-17)35-11-30-21(34-35)20(27)28)19-12(13)10-16(32-33-19)18-14(25)4-3-5-15(18)26/h3-5,7,9-11,13,20H,6,8H2,1-2H3/t13-,24+/m0/s1. The van der Waals surface area contributed by atoms with Crippen LogP contribution in [0.2, 0.25) is 0 Å². The first-order valence-corrected chi connectivity index (χ1v) is 11.1. The van der Waals surface area contributed by atoms with Crippen molar-refractivity contribution in [2.45, 2.75) is 44.4 Å². The number of halogens is 4. The highest BCUT2D eigenvalue weighted by atomic mass is 19.3. The van der Waals surface area contributed by atoms with Crippen LogP contribution in [0.5, 0.6) is 0 Å². The molecule has 1 fully saturated rings. The van der Waals surface area contributed by atoms with E-state index in [0.29, 0.717) is 11.4 Å². The molecule has 0 N–H and O–H groups in total. The molecule has 1 aromatic carbocycles. The van der Waals surface area contributed by atoms with Gasteiger partial charge in [-0.05, 0) is 54.0 Å². The molecule has 0 spiro atoms. The number of aromatic nitrogens is 7. The number of rotatable bonds is 4. The number of nitrogens with zero attached hydrogens (tertiary/aromatic N) is 7. The van der Waals surface area contributed by atoms with Gasteiger partial charge in [-0.1, -0.05) is 19.9 Å². The summed E-state index contributed by atoms with van der Waals surface area (Å²) in [4.78, 5) is 12.5. The van der Waals surface area contributed by atoms with Gasteiger partial charge in [0.05, 0.1) is 28.1 Å². The minimum Gasteiger partial charge on any atom is -0.220 e. The van der Waals surface area contributed by atoms with Crippen LogP contribution in [0.1, 0.15) is 61.8 Å². The second kappa shape index (κ2) is 7.37. The van der Waals surface area contributed by atoms with Crippen LogP contribution in [-0.2, 0) is 5.41 Å². The minimum absolute atomic E-state index is 0.0665. The number of benzene rings is 1. The Hall–Kier alpha value is -3.76. The quantitative estimate of drug-likeness (QED) is 0.385. The van der Waals surface area contributed by atoms with Crippen molar-refractivity contribution in [1.29, 1.82) is 0 Å². The Morgan fingerprint density at radius 2 is 1.83 bits per heavy atom. The number of alkyl halides is 2. The Bertz CT molecular complexity index is 1450. The predicted octanol–water partition coefficient (Wildman–Crippen LogP) is 4.93. The van der Waals surface area contributed by atoms with Gasteiger partial charge in [0.1, 0.15) is 18.0 Å². The monoisotopic (exact) mass is 481 g/mol. The van der Waals surface area contributed by atoms with E-state index < -0.39 is 29.3 Å². The minimum atomic E-state index is -2.81. The zero-order valence-corrected chi connectivity index (χ0v) is 18.8. The van der Waals surface area contributed by atoms with Crippen molar-refractivity contribution in [1.82, 2.24) is 34.9 Å². The van der Waals surface area contributed by atoms with E-state index in [1.54, 1.807) is 18.3 Å². The lowest BCUT2D eigenvalue weighted by atomic mass is 9.66. The Kier molecular flexibility index (Phi) is 4.58. The summed E-state index contributed by atoms with van der Waals surface area (Å²) in [5.74, 6) is -1.83. The van der Waals surface area contributed by atoms with Gasteiger partial charge < -0.3 is 0 Å². The SMILES string of the molecule is CC1(C)[C@H]2CC[C@@]1(c1ccnc(-n3cnc(C(F)F)n3)n1)c1nnc(-c3c(F)cccc3F)cc12. The summed E-state index contributed by atoms with van der Waals surface area (Å²) in [6, 6.07) is 7.19. The highest BCUT2D eigenvalue weighted by molar-refractivity contribution is 5.64. The first-order chi connectivity index (χ1) is 16.7. The predicted molar refractivity (Wildman–Crippen MR) is 116 cm³/mol. The summed E-state index contributed by atoms with van der Waals surface area (Å²) in [6.07, 6.45) is 1.45. The Labute approximate surface area is 197 Å². The molecule has 2 aliphatic rings. The van der Waals surface area contributed by atoms with E-state index in [2.05, 4.69) is 44.1 Å². The normalized spacial score (nSPS) is 22.1. The van der Waals surface area contributed by atoms with E-state index in [4.69, 9.17) is 0 Å². The molecule has 0 radical (unpaired) electrons. The van der Waals surface area contributed by atoms with Gasteiger partial charge in [-0.2, -0.15) is 9.78 Å². The number of fused-ring (bicyclic) bond motifs is 5. The van der Waals surface area contributed by atoms with Crippen molar-refractivity contribution in [3.05, 3.63) is 77.3 Å². The Morgan fingerprint density at radius 1 is 1.06 bits per heavy atom. The fraction of sp³-hybridized carbons (Fsp3) is 0.333. The lowest BCUT2D eigenvalue weighted by Gasteiger charge is -2.37. The molecule has 35 heavy (non-hydrogen) atoms. The van der Waals surface area contributed by atoms with E-state index in [9.17, 15) is 17.6 Å². The first kappa shape index (κ1) is 21.8. The molecular formula is C24H19F4N7. The summed E-state index contributed by atoms with van der Waals surface area (Å²) in [5, 5.41) is 12.5. The molecule has 0 amide bonds. The van der Waals surface area contributed by atoms with Gasteiger partial charge in [-0.3, -0.25) is 0 Å². The smallest absolute Gasteiger partial charge is 0.220 e. The lowest BCUT2D eigenvalue weighted by molar-refractivity contribution is 0.140. The lowest BCUT2D eigenvalue weighted by Crippen LogP contribution is -2.38. The molecule has 3 aromatic heterocycles. The number of hydrogen-bond donors (Lipinski definition) is 0. The molecule has 0 unspecified atom stereocenters. The summed E-state index contributed by atoms with van der Waals surface area (Å²) >= 11 is 0. The van der Waals surface area contributed by atoms with Crippen LogP contribution in [-0.4, -0.2) is 34.9 Å². The average molecular weight is 481 g/mol. The third kappa shape index (κ3) is 2.90. The molecular weight excluding hydrogens is 462 g/mol. The molecule has 2 aliphatic carbocycles. The van der Waals surface area contributed by atoms with E-state index in [1.807, 2.05) is 0 Å². The molecule has 6 rings (SSSR count). The maximum Gasteiger partial charge on any atom is 0.299 e. The molecule has 4 aromatic rings. The second-order valence-electron chi connectivity index (χ2n) is 9.44. The van der Waals surface area contributed by atoms with Crippen LogP contribution in [0.15, 0.2) is 42.9 Å². The van der Waals surface area contributed by atoms with Crippen LogP contribution in [0.3, 0.4) is 0 Å². The van der Waals surface area contributed by atoms with Crippen molar-refractivity contribution >= 4 is 0 Å². The van der Waals surface area contributed by atoms with Gasteiger partial charge in [-0.25, -0.2) is 32.5 Å². The topological polar surface area (TPSA) is 82.3 Å². The zero-order valence-electron chi connectivity index (χ0n) is 18.8. The summed E-state index contributed by atoms with van der Waals surface area (Å²) in [7, 11) is 0. The van der Waals surface area contributed by atoms with Crippen molar-refractivity contribution in [3.63, 3.8) is 0 Å². The molecule has 2 atom stereocenters. The largest absolute Gasteiger partial charge is 0.299 e. The molecule has 0 saturated heterocycles. The fourth-order valence-electron chi connectivity index (χ4n) is 5.93. The fourth-order valence-corrected chi connectivity index (χ4v) is 5.93.